The van der Waals surface area contributed by atoms with Crippen molar-refractivity contribution in [2.24, 2.45) is 5.92 Å². The van der Waals surface area contributed by atoms with E-state index in [4.69, 9.17) is 0 Å². The average molecular weight is 198 g/mol. The van der Waals surface area contributed by atoms with Gasteiger partial charge in [-0.25, -0.2) is 0 Å². The van der Waals surface area contributed by atoms with Crippen LogP contribution >= 0.6 is 0 Å². The SMILES string of the molecule is CCNC(C)(C)CNCCC1CCC1. The fourth-order valence-corrected chi connectivity index (χ4v) is 2.03. The van der Waals surface area contributed by atoms with E-state index in [1.165, 1.54) is 32.2 Å². The van der Waals surface area contributed by atoms with Crippen LogP contribution in [0.25, 0.3) is 0 Å². The Labute approximate surface area is 88.8 Å². The van der Waals surface area contributed by atoms with Gasteiger partial charge in [-0.3, -0.25) is 0 Å². The molecule has 2 N–H and O–H groups in total. The van der Waals surface area contributed by atoms with E-state index in [-0.39, 0.29) is 5.54 Å². The summed E-state index contributed by atoms with van der Waals surface area (Å²) in [7, 11) is 0. The Morgan fingerprint density at radius 3 is 2.50 bits per heavy atom. The summed E-state index contributed by atoms with van der Waals surface area (Å²) in [6.07, 6.45) is 5.78. The van der Waals surface area contributed by atoms with Gasteiger partial charge in [-0.05, 0) is 39.3 Å². The monoisotopic (exact) mass is 198 g/mol. The lowest BCUT2D eigenvalue weighted by atomic mass is 9.83. The molecule has 0 spiro atoms. The molecule has 1 aliphatic rings. The molecule has 0 radical (unpaired) electrons. The van der Waals surface area contributed by atoms with Crippen LogP contribution in [0, 0.1) is 5.92 Å². The highest BCUT2D eigenvalue weighted by molar-refractivity contribution is 4.79. The van der Waals surface area contributed by atoms with E-state index in [0.29, 0.717) is 0 Å². The van der Waals surface area contributed by atoms with Gasteiger partial charge in [-0.15, -0.1) is 0 Å². The molecule has 2 nitrogen and oxygen atoms in total. The smallest absolute Gasteiger partial charge is 0.0249 e. The summed E-state index contributed by atoms with van der Waals surface area (Å²) in [4.78, 5) is 0. The lowest BCUT2D eigenvalue weighted by Crippen LogP contribution is -2.47. The van der Waals surface area contributed by atoms with Gasteiger partial charge in [0.15, 0.2) is 0 Å². The molecule has 1 rings (SSSR count). The molecular weight excluding hydrogens is 172 g/mol. The second kappa shape index (κ2) is 5.72. The predicted molar refractivity (Wildman–Crippen MR) is 62.6 cm³/mol. The van der Waals surface area contributed by atoms with Crippen molar-refractivity contribution in [3.63, 3.8) is 0 Å². The van der Waals surface area contributed by atoms with Gasteiger partial charge in [-0.2, -0.15) is 0 Å². The molecule has 0 aromatic rings. The number of likely N-dealkylation sites (N-methyl/N-ethyl adjacent to an activating group) is 1. The Hall–Kier alpha value is -0.0800. The summed E-state index contributed by atoms with van der Waals surface area (Å²) in [6.45, 7) is 10.0. The number of rotatable bonds is 7. The molecule has 1 aliphatic carbocycles. The van der Waals surface area contributed by atoms with Gasteiger partial charge in [0.05, 0.1) is 0 Å². The molecule has 0 heterocycles. The molecule has 2 heteroatoms. The highest BCUT2D eigenvalue weighted by Crippen LogP contribution is 2.28. The molecule has 0 amide bonds. The standard InChI is InChI=1S/C12H26N2/c1-4-14-12(2,3)10-13-9-8-11-6-5-7-11/h11,13-14H,4-10H2,1-3H3. The molecule has 1 fully saturated rings. The number of hydrogen-bond acceptors (Lipinski definition) is 2. The molecule has 0 aromatic carbocycles. The van der Waals surface area contributed by atoms with E-state index in [0.717, 1.165) is 19.0 Å². The molecule has 0 saturated heterocycles. The number of hydrogen-bond donors (Lipinski definition) is 2. The van der Waals surface area contributed by atoms with E-state index in [1.807, 2.05) is 0 Å². The summed E-state index contributed by atoms with van der Waals surface area (Å²) in [5.41, 5.74) is 0.244. The molecule has 0 aliphatic heterocycles. The van der Waals surface area contributed by atoms with E-state index < -0.39 is 0 Å². The van der Waals surface area contributed by atoms with Crippen LogP contribution in [0.15, 0.2) is 0 Å². The summed E-state index contributed by atoms with van der Waals surface area (Å²) in [5.74, 6) is 1.03. The van der Waals surface area contributed by atoms with Gasteiger partial charge in [0.25, 0.3) is 0 Å². The molecule has 84 valence electrons. The Morgan fingerprint density at radius 1 is 1.29 bits per heavy atom. The van der Waals surface area contributed by atoms with Crippen molar-refractivity contribution in [2.75, 3.05) is 19.6 Å². The van der Waals surface area contributed by atoms with Crippen LogP contribution in [-0.4, -0.2) is 25.2 Å². The van der Waals surface area contributed by atoms with Crippen LogP contribution in [0.5, 0.6) is 0 Å². The van der Waals surface area contributed by atoms with Crippen LogP contribution in [-0.2, 0) is 0 Å². The number of nitrogens with one attached hydrogen (secondary N) is 2. The average Bonchev–Trinajstić information content (AvgIpc) is 2.00. The zero-order valence-corrected chi connectivity index (χ0v) is 10.0. The van der Waals surface area contributed by atoms with Crippen LogP contribution in [0.4, 0.5) is 0 Å². The molecule has 0 atom stereocenters. The summed E-state index contributed by atoms with van der Waals surface area (Å²) >= 11 is 0. The van der Waals surface area contributed by atoms with Crippen molar-refractivity contribution in [3.05, 3.63) is 0 Å². The Bertz CT molecular complexity index is 150. The van der Waals surface area contributed by atoms with Gasteiger partial charge in [0.1, 0.15) is 0 Å². The van der Waals surface area contributed by atoms with Crippen molar-refractivity contribution in [3.8, 4) is 0 Å². The predicted octanol–water partition coefficient (Wildman–Crippen LogP) is 2.15. The van der Waals surface area contributed by atoms with Crippen molar-refractivity contribution in [1.29, 1.82) is 0 Å². The van der Waals surface area contributed by atoms with Gasteiger partial charge >= 0.3 is 0 Å². The largest absolute Gasteiger partial charge is 0.315 e. The molecule has 14 heavy (non-hydrogen) atoms. The normalized spacial score (nSPS) is 18.2. The minimum atomic E-state index is 0.244. The molecular formula is C12H26N2. The van der Waals surface area contributed by atoms with Crippen LogP contribution < -0.4 is 10.6 Å². The van der Waals surface area contributed by atoms with E-state index in [9.17, 15) is 0 Å². The second-order valence-electron chi connectivity index (χ2n) is 5.18. The lowest BCUT2D eigenvalue weighted by molar-refractivity contribution is 0.284. The molecule has 0 unspecified atom stereocenters. The quantitative estimate of drug-likeness (QED) is 0.613. The molecule has 0 aromatic heterocycles. The van der Waals surface area contributed by atoms with Gasteiger partial charge in [0.2, 0.25) is 0 Å². The highest BCUT2D eigenvalue weighted by Gasteiger charge is 2.18. The van der Waals surface area contributed by atoms with Gasteiger partial charge < -0.3 is 10.6 Å². The minimum absolute atomic E-state index is 0.244. The van der Waals surface area contributed by atoms with Gasteiger partial charge in [-0.1, -0.05) is 26.2 Å². The highest BCUT2D eigenvalue weighted by atomic mass is 15.0. The summed E-state index contributed by atoms with van der Waals surface area (Å²) in [6, 6.07) is 0. The van der Waals surface area contributed by atoms with Crippen LogP contribution in [0.2, 0.25) is 0 Å². The first-order chi connectivity index (χ1) is 6.64. The van der Waals surface area contributed by atoms with Crippen molar-refractivity contribution < 1.29 is 0 Å². The second-order valence-corrected chi connectivity index (χ2v) is 5.18. The fourth-order valence-electron chi connectivity index (χ4n) is 2.03. The minimum Gasteiger partial charge on any atom is -0.315 e. The van der Waals surface area contributed by atoms with E-state index in [2.05, 4.69) is 31.4 Å². The Morgan fingerprint density at radius 2 is 2.00 bits per heavy atom. The Balaban J connectivity index is 1.96. The zero-order valence-electron chi connectivity index (χ0n) is 10.0. The van der Waals surface area contributed by atoms with Crippen molar-refractivity contribution in [2.45, 2.75) is 52.0 Å². The third-order valence-electron chi connectivity index (χ3n) is 3.18. The zero-order chi connectivity index (χ0) is 10.4. The fraction of sp³-hybridized carbons (Fsp3) is 1.00. The first kappa shape index (κ1) is 12.0. The van der Waals surface area contributed by atoms with Crippen molar-refractivity contribution in [1.82, 2.24) is 10.6 Å². The summed E-state index contributed by atoms with van der Waals surface area (Å²) in [5, 5.41) is 7.02. The summed E-state index contributed by atoms with van der Waals surface area (Å²) < 4.78 is 0. The van der Waals surface area contributed by atoms with Crippen LogP contribution in [0.1, 0.15) is 46.5 Å². The topological polar surface area (TPSA) is 24.1 Å². The van der Waals surface area contributed by atoms with Crippen LogP contribution in [0.3, 0.4) is 0 Å². The van der Waals surface area contributed by atoms with Gasteiger partial charge in [0, 0.05) is 12.1 Å². The molecule has 0 bridgehead atoms. The van der Waals surface area contributed by atoms with E-state index in [1.54, 1.807) is 0 Å². The maximum absolute atomic E-state index is 3.55. The van der Waals surface area contributed by atoms with E-state index >= 15 is 0 Å². The Kier molecular flexibility index (Phi) is 4.90. The first-order valence-electron chi connectivity index (χ1n) is 6.10. The first-order valence-corrected chi connectivity index (χ1v) is 6.10. The molecule has 1 saturated carbocycles. The van der Waals surface area contributed by atoms with Crippen molar-refractivity contribution >= 4 is 0 Å². The lowest BCUT2D eigenvalue weighted by Gasteiger charge is -2.28. The third-order valence-corrected chi connectivity index (χ3v) is 3.18. The maximum Gasteiger partial charge on any atom is 0.0249 e. The maximum atomic E-state index is 3.55. The third kappa shape index (κ3) is 4.43.